The van der Waals surface area contributed by atoms with E-state index in [9.17, 15) is 14.4 Å². The minimum Gasteiger partial charge on any atom is -0.345 e. The Morgan fingerprint density at radius 3 is 2.87 bits per heavy atom. The Morgan fingerprint density at radius 2 is 2.13 bits per heavy atom. The summed E-state index contributed by atoms with van der Waals surface area (Å²) >= 11 is 1.36. The molecule has 3 amide bonds. The van der Waals surface area contributed by atoms with Crippen molar-refractivity contribution in [2.24, 2.45) is 4.99 Å². The molecule has 1 N–H and O–H groups in total. The van der Waals surface area contributed by atoms with Crippen LogP contribution in [0.15, 0.2) is 35.3 Å². The van der Waals surface area contributed by atoms with Crippen LogP contribution in [0, 0.1) is 0 Å². The molecule has 2 aromatic rings. The van der Waals surface area contributed by atoms with Gasteiger partial charge in [-0.2, -0.15) is 0 Å². The zero-order chi connectivity index (χ0) is 22.0. The van der Waals surface area contributed by atoms with Crippen LogP contribution in [-0.4, -0.2) is 77.2 Å². The molecule has 0 unspecified atom stereocenters. The number of aliphatic imine (C=N–C) groups is 1. The molecular weight excluding hydrogens is 414 g/mol. The molecular formula is C22H25N5O3S. The van der Waals surface area contributed by atoms with Gasteiger partial charge in [-0.3, -0.25) is 24.4 Å². The lowest BCUT2D eigenvalue weighted by Crippen LogP contribution is -2.29. The van der Waals surface area contributed by atoms with Gasteiger partial charge in [-0.1, -0.05) is 30.0 Å². The molecule has 31 heavy (non-hydrogen) atoms. The summed E-state index contributed by atoms with van der Waals surface area (Å²) in [6, 6.07) is 9.54. The smallest absolute Gasteiger partial charge is 0.254 e. The molecule has 4 rings (SSSR count). The standard InChI is InChI=1S/C22H25N5O3S/c1-26(2)21(30)16-11-18(24-17-6-4-3-5-15(16)17)14-8-10-27(12-14)20(29)7-9-23-22-25-19(28)13-31-22/h3-6,11,14H,7-10,12-13H2,1-2H3,(H,23,25,28)/t14-/m0/s1. The summed E-state index contributed by atoms with van der Waals surface area (Å²) in [4.78, 5) is 49.1. The molecule has 2 saturated heterocycles. The number of nitrogens with zero attached hydrogens (tertiary/aromatic N) is 4. The highest BCUT2D eigenvalue weighted by Gasteiger charge is 2.29. The highest BCUT2D eigenvalue weighted by atomic mass is 32.2. The monoisotopic (exact) mass is 439 g/mol. The van der Waals surface area contributed by atoms with E-state index in [2.05, 4.69) is 10.3 Å². The first kappa shape index (κ1) is 21.3. The van der Waals surface area contributed by atoms with Crippen LogP contribution in [0.2, 0.25) is 0 Å². The molecule has 1 atom stereocenters. The number of amides is 3. The molecule has 2 fully saturated rings. The van der Waals surface area contributed by atoms with Crippen LogP contribution in [0.5, 0.6) is 0 Å². The Morgan fingerprint density at radius 1 is 1.32 bits per heavy atom. The first-order valence-corrected chi connectivity index (χ1v) is 11.3. The third kappa shape index (κ3) is 4.71. The number of carbonyl (C=O) groups is 3. The SMILES string of the molecule is CN(C)C(=O)c1cc([C@H]2CCN(C(=O)CCN=C3NC(=O)CS3)C2)nc2ccccc12. The number of thioether (sulfide) groups is 1. The topological polar surface area (TPSA) is 95.0 Å². The molecule has 0 bridgehead atoms. The van der Waals surface area contributed by atoms with Gasteiger partial charge in [-0.15, -0.1) is 0 Å². The Bertz CT molecular complexity index is 1070. The lowest BCUT2D eigenvalue weighted by atomic mass is 9.99. The van der Waals surface area contributed by atoms with Gasteiger partial charge in [0.1, 0.15) is 0 Å². The van der Waals surface area contributed by atoms with Crippen LogP contribution in [-0.2, 0) is 9.59 Å². The van der Waals surface area contributed by atoms with E-state index in [0.29, 0.717) is 42.5 Å². The van der Waals surface area contributed by atoms with Gasteiger partial charge in [-0.05, 0) is 18.6 Å². The average Bonchev–Trinajstić information content (AvgIpc) is 3.41. The second-order valence-corrected chi connectivity index (χ2v) is 8.87. The highest BCUT2D eigenvalue weighted by Crippen LogP contribution is 2.30. The molecule has 0 saturated carbocycles. The molecule has 9 heteroatoms. The number of aromatic nitrogens is 1. The maximum Gasteiger partial charge on any atom is 0.254 e. The van der Waals surface area contributed by atoms with E-state index in [0.717, 1.165) is 23.0 Å². The molecule has 1 aromatic heterocycles. The minimum atomic E-state index is -0.0539. The van der Waals surface area contributed by atoms with Crippen molar-refractivity contribution in [2.75, 3.05) is 39.5 Å². The first-order chi connectivity index (χ1) is 14.9. The molecule has 0 spiro atoms. The van der Waals surface area contributed by atoms with Gasteiger partial charge >= 0.3 is 0 Å². The van der Waals surface area contributed by atoms with Crippen LogP contribution >= 0.6 is 11.8 Å². The predicted molar refractivity (Wildman–Crippen MR) is 121 cm³/mol. The Balaban J connectivity index is 1.45. The van der Waals surface area contributed by atoms with Gasteiger partial charge in [0, 0.05) is 50.6 Å². The van der Waals surface area contributed by atoms with E-state index in [1.54, 1.807) is 19.0 Å². The summed E-state index contributed by atoms with van der Waals surface area (Å²) in [5.41, 5.74) is 2.29. The zero-order valence-corrected chi connectivity index (χ0v) is 18.4. The van der Waals surface area contributed by atoms with Crippen molar-refractivity contribution < 1.29 is 14.4 Å². The van der Waals surface area contributed by atoms with E-state index in [-0.39, 0.29) is 23.6 Å². The fourth-order valence-corrected chi connectivity index (χ4v) is 4.58. The fraction of sp³-hybridized carbons (Fsp3) is 0.409. The number of pyridine rings is 1. The first-order valence-electron chi connectivity index (χ1n) is 10.3. The Labute approximate surface area is 185 Å². The van der Waals surface area contributed by atoms with Crippen LogP contribution in [0.4, 0.5) is 0 Å². The number of para-hydroxylation sites is 1. The van der Waals surface area contributed by atoms with Gasteiger partial charge in [0.15, 0.2) is 5.17 Å². The van der Waals surface area contributed by atoms with Crippen molar-refractivity contribution in [3.05, 3.63) is 41.6 Å². The third-order valence-electron chi connectivity index (χ3n) is 5.50. The Kier molecular flexibility index (Phi) is 6.22. The van der Waals surface area contributed by atoms with Crippen molar-refractivity contribution in [1.29, 1.82) is 0 Å². The van der Waals surface area contributed by atoms with E-state index in [1.807, 2.05) is 35.2 Å². The van der Waals surface area contributed by atoms with Crippen molar-refractivity contribution in [2.45, 2.75) is 18.8 Å². The second-order valence-electron chi connectivity index (χ2n) is 7.91. The number of benzene rings is 1. The van der Waals surface area contributed by atoms with Crippen LogP contribution in [0.25, 0.3) is 10.9 Å². The molecule has 2 aliphatic heterocycles. The van der Waals surface area contributed by atoms with Gasteiger partial charge in [0.05, 0.1) is 23.4 Å². The summed E-state index contributed by atoms with van der Waals surface area (Å²) in [6.45, 7) is 1.61. The van der Waals surface area contributed by atoms with E-state index in [4.69, 9.17) is 4.98 Å². The highest BCUT2D eigenvalue weighted by molar-refractivity contribution is 8.15. The zero-order valence-electron chi connectivity index (χ0n) is 17.6. The van der Waals surface area contributed by atoms with Crippen molar-refractivity contribution in [1.82, 2.24) is 20.1 Å². The third-order valence-corrected chi connectivity index (χ3v) is 6.41. The number of carbonyl (C=O) groups excluding carboxylic acids is 3. The molecule has 0 radical (unpaired) electrons. The van der Waals surface area contributed by atoms with Gasteiger partial charge in [0.2, 0.25) is 11.8 Å². The van der Waals surface area contributed by atoms with Crippen molar-refractivity contribution in [3.8, 4) is 0 Å². The van der Waals surface area contributed by atoms with Crippen LogP contribution < -0.4 is 5.32 Å². The second kappa shape index (κ2) is 9.05. The quantitative estimate of drug-likeness (QED) is 0.767. The van der Waals surface area contributed by atoms with E-state index < -0.39 is 0 Å². The average molecular weight is 440 g/mol. The maximum absolute atomic E-state index is 12.7. The lowest BCUT2D eigenvalue weighted by molar-refractivity contribution is -0.129. The number of hydrogen-bond acceptors (Lipinski definition) is 6. The summed E-state index contributed by atoms with van der Waals surface area (Å²) in [5, 5.41) is 4.11. The summed E-state index contributed by atoms with van der Waals surface area (Å²) in [7, 11) is 3.48. The number of likely N-dealkylation sites (tertiary alicyclic amines) is 1. The van der Waals surface area contributed by atoms with E-state index >= 15 is 0 Å². The molecule has 1 aromatic carbocycles. The van der Waals surface area contributed by atoms with Crippen LogP contribution in [0.1, 0.15) is 34.8 Å². The van der Waals surface area contributed by atoms with Crippen molar-refractivity contribution in [3.63, 3.8) is 0 Å². The summed E-state index contributed by atoms with van der Waals surface area (Å²) < 4.78 is 0. The summed E-state index contributed by atoms with van der Waals surface area (Å²) in [6.07, 6.45) is 1.12. The number of rotatable bonds is 5. The van der Waals surface area contributed by atoms with E-state index in [1.165, 1.54) is 11.8 Å². The maximum atomic E-state index is 12.7. The fourth-order valence-electron chi connectivity index (χ4n) is 3.87. The van der Waals surface area contributed by atoms with Crippen molar-refractivity contribution >= 4 is 45.6 Å². The van der Waals surface area contributed by atoms with Gasteiger partial charge in [-0.25, -0.2) is 0 Å². The number of nitrogens with one attached hydrogen (secondary N) is 1. The lowest BCUT2D eigenvalue weighted by Gasteiger charge is -2.18. The number of amidine groups is 1. The van der Waals surface area contributed by atoms with Crippen LogP contribution in [0.3, 0.4) is 0 Å². The molecule has 8 nitrogen and oxygen atoms in total. The molecule has 162 valence electrons. The molecule has 3 heterocycles. The normalized spacial score (nSPS) is 19.8. The minimum absolute atomic E-state index is 0.0477. The van der Waals surface area contributed by atoms with Gasteiger partial charge < -0.3 is 15.1 Å². The largest absolute Gasteiger partial charge is 0.345 e. The molecule has 0 aliphatic carbocycles. The summed E-state index contributed by atoms with van der Waals surface area (Å²) in [5.74, 6) is 0.427. The Hall–Kier alpha value is -2.94. The number of fused-ring (bicyclic) bond motifs is 1. The number of hydrogen-bond donors (Lipinski definition) is 1. The predicted octanol–water partition coefficient (Wildman–Crippen LogP) is 1.86. The van der Waals surface area contributed by atoms with Gasteiger partial charge in [0.25, 0.3) is 5.91 Å². The molecule has 2 aliphatic rings.